The fourth-order valence-electron chi connectivity index (χ4n) is 4.77. The summed E-state index contributed by atoms with van der Waals surface area (Å²) in [6.07, 6.45) is 3.31. The fraction of sp³-hybridized carbons (Fsp3) is 0.333. The summed E-state index contributed by atoms with van der Waals surface area (Å²) in [5.41, 5.74) is 9.07. The molecule has 3 aromatic rings. The van der Waals surface area contributed by atoms with Crippen molar-refractivity contribution < 1.29 is 14.0 Å². The lowest BCUT2D eigenvalue weighted by Crippen LogP contribution is -2.53. The van der Waals surface area contributed by atoms with Crippen LogP contribution in [-0.4, -0.2) is 42.3 Å². The highest BCUT2D eigenvalue weighted by Crippen LogP contribution is 2.34. The van der Waals surface area contributed by atoms with E-state index in [1.54, 1.807) is 29.2 Å². The third-order valence-corrected chi connectivity index (χ3v) is 6.51. The van der Waals surface area contributed by atoms with Crippen LogP contribution in [-0.2, 0) is 6.42 Å². The van der Waals surface area contributed by atoms with Gasteiger partial charge in [0.05, 0.1) is 17.6 Å². The van der Waals surface area contributed by atoms with E-state index in [2.05, 4.69) is 36.1 Å². The molecule has 1 fully saturated rings. The van der Waals surface area contributed by atoms with E-state index >= 15 is 0 Å². The maximum Gasteiger partial charge on any atom is 0.294 e. The summed E-state index contributed by atoms with van der Waals surface area (Å²) in [5, 5.41) is 0. The van der Waals surface area contributed by atoms with Crippen molar-refractivity contribution in [3.8, 4) is 0 Å². The average molecular weight is 446 g/mol. The number of carbonyl (C=O) groups is 2. The van der Waals surface area contributed by atoms with Gasteiger partial charge in [-0.1, -0.05) is 43.3 Å². The Morgan fingerprint density at radius 3 is 2.55 bits per heavy atom. The number of ketones is 1. The second-order valence-corrected chi connectivity index (χ2v) is 8.82. The van der Waals surface area contributed by atoms with Gasteiger partial charge in [-0.25, -0.2) is 0 Å². The van der Waals surface area contributed by atoms with E-state index in [1.807, 2.05) is 12.1 Å². The van der Waals surface area contributed by atoms with Crippen molar-refractivity contribution in [2.24, 2.45) is 5.92 Å². The van der Waals surface area contributed by atoms with Crippen LogP contribution in [0, 0.1) is 5.92 Å². The van der Waals surface area contributed by atoms with Gasteiger partial charge in [0.25, 0.3) is 5.91 Å². The smallest absolute Gasteiger partial charge is 0.294 e. The van der Waals surface area contributed by atoms with E-state index in [0.29, 0.717) is 16.9 Å². The molecule has 0 unspecified atom stereocenters. The topological polar surface area (TPSA) is 79.8 Å². The predicted octanol–water partition coefficient (Wildman–Crippen LogP) is 4.66. The second-order valence-electron chi connectivity index (χ2n) is 8.82. The van der Waals surface area contributed by atoms with Crippen LogP contribution in [0.15, 0.2) is 71.3 Å². The zero-order valence-electron chi connectivity index (χ0n) is 19.2. The Kier molecular flexibility index (Phi) is 6.94. The minimum absolute atomic E-state index is 0.0555. The summed E-state index contributed by atoms with van der Waals surface area (Å²) in [5.74, 6) is 0.126. The third kappa shape index (κ3) is 5.01. The molecule has 4 rings (SSSR count). The quantitative estimate of drug-likeness (QED) is 0.422. The molecular weight excluding hydrogens is 414 g/mol. The van der Waals surface area contributed by atoms with Gasteiger partial charge in [0.2, 0.25) is 0 Å². The first kappa shape index (κ1) is 22.8. The molecule has 6 nitrogen and oxygen atoms in total. The molecule has 1 aliphatic rings. The SMILES string of the molecule is CC(=O)c1cccc(N(C(=O)c2ccco2)[C@@H]2CCN(CCc3ccccc3)C[C@@H]2C)c1N. The molecule has 2 atom stereocenters. The minimum Gasteiger partial charge on any atom is -0.459 e. The third-order valence-electron chi connectivity index (χ3n) is 6.51. The summed E-state index contributed by atoms with van der Waals surface area (Å²) < 4.78 is 5.44. The Bertz CT molecular complexity index is 1100. The van der Waals surface area contributed by atoms with Gasteiger partial charge < -0.3 is 20.0 Å². The zero-order valence-corrected chi connectivity index (χ0v) is 19.2. The summed E-state index contributed by atoms with van der Waals surface area (Å²) in [7, 11) is 0. The Morgan fingerprint density at radius 1 is 1.09 bits per heavy atom. The van der Waals surface area contributed by atoms with Gasteiger partial charge in [0.15, 0.2) is 11.5 Å². The summed E-state index contributed by atoms with van der Waals surface area (Å²) in [4.78, 5) is 29.9. The van der Waals surface area contributed by atoms with Crippen molar-refractivity contribution in [2.75, 3.05) is 30.3 Å². The number of nitrogens with two attached hydrogens (primary N) is 1. The summed E-state index contributed by atoms with van der Waals surface area (Å²) in [6, 6.07) is 19.1. The highest BCUT2D eigenvalue weighted by atomic mass is 16.3. The normalized spacial score (nSPS) is 18.7. The number of nitrogens with zero attached hydrogens (tertiary/aromatic N) is 2. The maximum absolute atomic E-state index is 13.6. The Morgan fingerprint density at radius 2 is 1.88 bits per heavy atom. The summed E-state index contributed by atoms with van der Waals surface area (Å²) in [6.45, 7) is 6.41. The molecule has 172 valence electrons. The zero-order chi connectivity index (χ0) is 23.4. The van der Waals surface area contributed by atoms with Crippen LogP contribution in [0.1, 0.15) is 46.7 Å². The molecule has 6 heteroatoms. The van der Waals surface area contributed by atoms with E-state index < -0.39 is 0 Å². The van der Waals surface area contributed by atoms with Crippen molar-refractivity contribution >= 4 is 23.1 Å². The number of hydrogen-bond acceptors (Lipinski definition) is 5. The molecule has 0 radical (unpaired) electrons. The molecular formula is C27H31N3O3. The molecule has 1 aromatic heterocycles. The van der Waals surface area contributed by atoms with E-state index in [4.69, 9.17) is 10.2 Å². The van der Waals surface area contributed by atoms with Gasteiger partial charge in [-0.15, -0.1) is 0 Å². The Labute approximate surface area is 195 Å². The number of benzene rings is 2. The van der Waals surface area contributed by atoms with Gasteiger partial charge in [-0.2, -0.15) is 0 Å². The number of hydrogen-bond donors (Lipinski definition) is 1. The predicted molar refractivity (Wildman–Crippen MR) is 131 cm³/mol. The number of rotatable bonds is 7. The number of nitrogen functional groups attached to an aromatic ring is 1. The van der Waals surface area contributed by atoms with Crippen LogP contribution in [0.4, 0.5) is 11.4 Å². The first-order chi connectivity index (χ1) is 16.0. The number of amides is 1. The molecule has 1 aliphatic heterocycles. The standard InChI is InChI=1S/C27H31N3O3/c1-19-18-29(15-13-21-8-4-3-5-9-21)16-14-23(19)30(27(32)25-12-7-17-33-25)24-11-6-10-22(20(2)31)26(24)28/h3-12,17,19,23H,13-16,18,28H2,1-2H3/t19-,23+/m0/s1. The largest absolute Gasteiger partial charge is 0.459 e. The molecule has 0 spiro atoms. The number of para-hydroxylation sites is 1. The highest BCUT2D eigenvalue weighted by Gasteiger charge is 2.36. The number of Topliss-reactive ketones (excluding diaryl/α,β-unsaturated/α-hetero) is 1. The first-order valence-electron chi connectivity index (χ1n) is 11.5. The van der Waals surface area contributed by atoms with Crippen molar-refractivity contribution in [1.29, 1.82) is 0 Å². The molecule has 0 saturated carbocycles. The van der Waals surface area contributed by atoms with Crippen LogP contribution < -0.4 is 10.6 Å². The van der Waals surface area contributed by atoms with Gasteiger partial charge in [0.1, 0.15) is 0 Å². The lowest BCUT2D eigenvalue weighted by molar-refractivity contribution is 0.0905. The molecule has 0 aliphatic carbocycles. The van der Waals surface area contributed by atoms with Gasteiger partial charge >= 0.3 is 0 Å². The second kappa shape index (κ2) is 10.0. The van der Waals surface area contributed by atoms with Gasteiger partial charge in [-0.3, -0.25) is 9.59 Å². The number of anilines is 2. The number of carbonyl (C=O) groups excluding carboxylic acids is 2. The van der Waals surface area contributed by atoms with Crippen LogP contribution in [0.3, 0.4) is 0 Å². The molecule has 33 heavy (non-hydrogen) atoms. The molecule has 0 bridgehead atoms. The fourth-order valence-corrected chi connectivity index (χ4v) is 4.77. The maximum atomic E-state index is 13.6. The molecule has 2 aromatic carbocycles. The molecule has 2 heterocycles. The molecule has 2 N–H and O–H groups in total. The van der Waals surface area contributed by atoms with Crippen molar-refractivity contribution in [3.63, 3.8) is 0 Å². The first-order valence-corrected chi connectivity index (χ1v) is 11.5. The van der Waals surface area contributed by atoms with Crippen LogP contribution in [0.25, 0.3) is 0 Å². The monoisotopic (exact) mass is 445 g/mol. The van der Waals surface area contributed by atoms with E-state index in [9.17, 15) is 9.59 Å². The lowest BCUT2D eigenvalue weighted by atomic mass is 9.90. The average Bonchev–Trinajstić information content (AvgIpc) is 3.35. The highest BCUT2D eigenvalue weighted by molar-refractivity contribution is 6.09. The minimum atomic E-state index is -0.234. The van der Waals surface area contributed by atoms with Crippen molar-refractivity contribution in [1.82, 2.24) is 4.90 Å². The molecule has 1 amide bonds. The Hall–Kier alpha value is -3.38. The number of furan rings is 1. The van der Waals surface area contributed by atoms with Crippen molar-refractivity contribution in [3.05, 3.63) is 83.8 Å². The molecule has 1 saturated heterocycles. The summed E-state index contributed by atoms with van der Waals surface area (Å²) >= 11 is 0. The van der Waals surface area contributed by atoms with Crippen LogP contribution in [0.5, 0.6) is 0 Å². The Balaban J connectivity index is 1.57. The van der Waals surface area contributed by atoms with E-state index in [-0.39, 0.29) is 29.4 Å². The van der Waals surface area contributed by atoms with Gasteiger partial charge in [-0.05, 0) is 55.5 Å². The van der Waals surface area contributed by atoms with E-state index in [0.717, 1.165) is 32.5 Å². The number of piperidine rings is 1. The van der Waals surface area contributed by atoms with Crippen LogP contribution >= 0.6 is 0 Å². The van der Waals surface area contributed by atoms with Gasteiger partial charge in [0, 0.05) is 31.2 Å². The lowest BCUT2D eigenvalue weighted by Gasteiger charge is -2.43. The van der Waals surface area contributed by atoms with Crippen LogP contribution in [0.2, 0.25) is 0 Å². The van der Waals surface area contributed by atoms with Crippen molar-refractivity contribution in [2.45, 2.75) is 32.7 Å². The van der Waals surface area contributed by atoms with E-state index in [1.165, 1.54) is 18.8 Å². The number of likely N-dealkylation sites (tertiary alicyclic amines) is 1.